The smallest absolute Gasteiger partial charge is 0.0897 e. The fraction of sp³-hybridized carbons (Fsp3) is 0.455. The van der Waals surface area contributed by atoms with Gasteiger partial charge in [0.15, 0.2) is 0 Å². The third-order valence-electron chi connectivity index (χ3n) is 1.98. The lowest BCUT2D eigenvalue weighted by Gasteiger charge is -2.10. The Morgan fingerprint density at radius 1 is 1.40 bits per heavy atom. The summed E-state index contributed by atoms with van der Waals surface area (Å²) in [5, 5.41) is 13.2. The Hall–Kier alpha value is -0.610. The van der Waals surface area contributed by atoms with Crippen molar-refractivity contribution in [2.45, 2.75) is 12.6 Å². The first kappa shape index (κ1) is 12.5. The summed E-state index contributed by atoms with van der Waals surface area (Å²) in [6, 6.07) is 7.62. The molecular formula is C11H16ClNO2. The van der Waals surface area contributed by atoms with Gasteiger partial charge in [-0.25, -0.2) is 0 Å². The van der Waals surface area contributed by atoms with Crippen molar-refractivity contribution in [2.24, 2.45) is 0 Å². The molecule has 0 spiro atoms. The zero-order chi connectivity index (χ0) is 11.1. The zero-order valence-corrected chi connectivity index (χ0v) is 9.50. The molecule has 15 heavy (non-hydrogen) atoms. The van der Waals surface area contributed by atoms with Crippen LogP contribution in [0.4, 0.5) is 0 Å². The molecule has 0 fully saturated rings. The monoisotopic (exact) mass is 229 g/mol. The van der Waals surface area contributed by atoms with E-state index in [9.17, 15) is 5.11 Å². The van der Waals surface area contributed by atoms with Crippen LogP contribution in [0.2, 0.25) is 5.02 Å². The number of halogens is 1. The predicted octanol–water partition coefficient (Wildman–Crippen LogP) is 1.44. The number of benzene rings is 1. The van der Waals surface area contributed by atoms with Crippen LogP contribution in [-0.2, 0) is 11.3 Å². The summed E-state index contributed by atoms with van der Waals surface area (Å²) >= 11 is 5.76. The molecule has 0 heterocycles. The molecule has 0 aliphatic rings. The lowest BCUT2D eigenvalue weighted by Crippen LogP contribution is -2.29. The Morgan fingerprint density at radius 2 is 2.07 bits per heavy atom. The van der Waals surface area contributed by atoms with Gasteiger partial charge in [0.1, 0.15) is 0 Å². The van der Waals surface area contributed by atoms with Gasteiger partial charge in [0.25, 0.3) is 0 Å². The maximum absolute atomic E-state index is 9.36. The van der Waals surface area contributed by atoms with Crippen LogP contribution in [0.15, 0.2) is 24.3 Å². The maximum atomic E-state index is 9.36. The second-order valence-electron chi connectivity index (χ2n) is 3.37. The van der Waals surface area contributed by atoms with E-state index in [2.05, 4.69) is 5.32 Å². The number of hydrogen-bond donors (Lipinski definition) is 2. The van der Waals surface area contributed by atoms with Gasteiger partial charge in [-0.3, -0.25) is 0 Å². The van der Waals surface area contributed by atoms with Crippen LogP contribution in [0, 0.1) is 0 Å². The third kappa shape index (κ3) is 5.14. The average molecular weight is 230 g/mol. The summed E-state index contributed by atoms with van der Waals surface area (Å²) in [7, 11) is 1.57. The van der Waals surface area contributed by atoms with Gasteiger partial charge in [-0.1, -0.05) is 23.7 Å². The summed E-state index contributed by atoms with van der Waals surface area (Å²) in [5.74, 6) is 0. The highest BCUT2D eigenvalue weighted by molar-refractivity contribution is 6.30. The summed E-state index contributed by atoms with van der Waals surface area (Å²) < 4.78 is 4.81. The van der Waals surface area contributed by atoms with Gasteiger partial charge in [-0.15, -0.1) is 0 Å². The zero-order valence-electron chi connectivity index (χ0n) is 8.74. The van der Waals surface area contributed by atoms with Crippen molar-refractivity contribution in [3.8, 4) is 0 Å². The van der Waals surface area contributed by atoms with E-state index in [4.69, 9.17) is 16.3 Å². The van der Waals surface area contributed by atoms with Crippen molar-refractivity contribution in [2.75, 3.05) is 20.3 Å². The number of hydrogen-bond acceptors (Lipinski definition) is 3. The van der Waals surface area contributed by atoms with E-state index in [1.807, 2.05) is 24.3 Å². The van der Waals surface area contributed by atoms with Crippen LogP contribution in [-0.4, -0.2) is 31.5 Å². The third-order valence-corrected chi connectivity index (χ3v) is 2.23. The Morgan fingerprint density at radius 3 is 2.67 bits per heavy atom. The Bertz CT molecular complexity index is 276. The minimum atomic E-state index is -0.456. The molecule has 0 bridgehead atoms. The summed E-state index contributed by atoms with van der Waals surface area (Å²) in [6.45, 7) is 1.60. The Balaban J connectivity index is 2.22. The highest BCUT2D eigenvalue weighted by Gasteiger charge is 2.01. The van der Waals surface area contributed by atoms with Gasteiger partial charge in [-0.2, -0.15) is 0 Å². The SMILES string of the molecule is COCC(O)CNCc1ccc(Cl)cc1. The molecule has 0 aliphatic carbocycles. The number of aliphatic hydroxyl groups is 1. The molecule has 0 saturated carbocycles. The number of methoxy groups -OCH3 is 1. The van der Waals surface area contributed by atoms with Crippen molar-refractivity contribution in [1.82, 2.24) is 5.32 Å². The highest BCUT2D eigenvalue weighted by Crippen LogP contribution is 2.08. The fourth-order valence-corrected chi connectivity index (χ4v) is 1.36. The Kier molecular flexibility index (Phi) is 5.65. The van der Waals surface area contributed by atoms with Crippen LogP contribution < -0.4 is 5.32 Å². The fourth-order valence-electron chi connectivity index (χ4n) is 1.24. The molecule has 0 aromatic heterocycles. The van der Waals surface area contributed by atoms with Crippen molar-refractivity contribution in [3.63, 3.8) is 0 Å². The van der Waals surface area contributed by atoms with E-state index in [1.54, 1.807) is 7.11 Å². The van der Waals surface area contributed by atoms with E-state index in [-0.39, 0.29) is 0 Å². The van der Waals surface area contributed by atoms with Crippen molar-refractivity contribution >= 4 is 11.6 Å². The van der Waals surface area contributed by atoms with Gasteiger partial charge >= 0.3 is 0 Å². The molecule has 0 aliphatic heterocycles. The second-order valence-corrected chi connectivity index (χ2v) is 3.80. The summed E-state index contributed by atoms with van der Waals surface area (Å²) in [4.78, 5) is 0. The second kappa shape index (κ2) is 6.80. The maximum Gasteiger partial charge on any atom is 0.0897 e. The standard InChI is InChI=1S/C11H16ClNO2/c1-15-8-11(14)7-13-6-9-2-4-10(12)5-3-9/h2-5,11,13-14H,6-8H2,1H3. The lowest BCUT2D eigenvalue weighted by atomic mass is 10.2. The van der Waals surface area contributed by atoms with E-state index in [0.29, 0.717) is 13.2 Å². The van der Waals surface area contributed by atoms with Crippen LogP contribution in [0.1, 0.15) is 5.56 Å². The van der Waals surface area contributed by atoms with Crippen molar-refractivity contribution < 1.29 is 9.84 Å². The number of rotatable bonds is 6. The Labute approximate surface area is 95.0 Å². The number of nitrogens with one attached hydrogen (secondary N) is 1. The molecule has 0 radical (unpaired) electrons. The molecule has 2 N–H and O–H groups in total. The molecule has 4 heteroatoms. The molecule has 1 rings (SSSR count). The van der Waals surface area contributed by atoms with Gasteiger partial charge < -0.3 is 15.2 Å². The highest BCUT2D eigenvalue weighted by atomic mass is 35.5. The summed E-state index contributed by atoms with van der Waals surface area (Å²) in [5.41, 5.74) is 1.14. The van der Waals surface area contributed by atoms with Gasteiger partial charge in [0, 0.05) is 25.2 Å². The largest absolute Gasteiger partial charge is 0.389 e. The van der Waals surface area contributed by atoms with Crippen LogP contribution in [0.3, 0.4) is 0 Å². The number of aliphatic hydroxyl groups excluding tert-OH is 1. The van der Waals surface area contributed by atoms with Crippen LogP contribution >= 0.6 is 11.6 Å². The van der Waals surface area contributed by atoms with E-state index in [0.717, 1.165) is 17.1 Å². The lowest BCUT2D eigenvalue weighted by molar-refractivity contribution is 0.0644. The first-order valence-corrected chi connectivity index (χ1v) is 5.22. The molecule has 0 amide bonds. The minimum absolute atomic E-state index is 0.355. The topological polar surface area (TPSA) is 41.5 Å². The summed E-state index contributed by atoms with van der Waals surface area (Å²) in [6.07, 6.45) is -0.456. The molecule has 1 aromatic carbocycles. The quantitative estimate of drug-likeness (QED) is 0.776. The first-order valence-electron chi connectivity index (χ1n) is 4.84. The van der Waals surface area contributed by atoms with Crippen LogP contribution in [0.5, 0.6) is 0 Å². The molecule has 1 aromatic rings. The van der Waals surface area contributed by atoms with E-state index >= 15 is 0 Å². The normalized spacial score (nSPS) is 12.7. The van der Waals surface area contributed by atoms with Crippen molar-refractivity contribution in [3.05, 3.63) is 34.9 Å². The predicted molar refractivity (Wildman–Crippen MR) is 61.0 cm³/mol. The van der Waals surface area contributed by atoms with Crippen LogP contribution in [0.25, 0.3) is 0 Å². The van der Waals surface area contributed by atoms with Gasteiger partial charge in [0.05, 0.1) is 12.7 Å². The van der Waals surface area contributed by atoms with E-state index in [1.165, 1.54) is 0 Å². The first-order chi connectivity index (χ1) is 7.22. The molecule has 84 valence electrons. The van der Waals surface area contributed by atoms with Gasteiger partial charge in [0.2, 0.25) is 0 Å². The molecule has 3 nitrogen and oxygen atoms in total. The minimum Gasteiger partial charge on any atom is -0.389 e. The molecule has 1 unspecified atom stereocenters. The molecule has 0 saturated heterocycles. The van der Waals surface area contributed by atoms with E-state index < -0.39 is 6.10 Å². The van der Waals surface area contributed by atoms with Crippen molar-refractivity contribution in [1.29, 1.82) is 0 Å². The molecular weight excluding hydrogens is 214 g/mol. The molecule has 1 atom stereocenters. The number of ether oxygens (including phenoxy) is 1. The average Bonchev–Trinajstić information content (AvgIpc) is 2.21. The van der Waals surface area contributed by atoms with Gasteiger partial charge in [-0.05, 0) is 17.7 Å².